The highest BCUT2D eigenvalue weighted by molar-refractivity contribution is 5.95. The summed E-state index contributed by atoms with van der Waals surface area (Å²) in [6.45, 7) is 4.37. The van der Waals surface area contributed by atoms with E-state index in [1.807, 2.05) is 30.0 Å². The smallest absolute Gasteiger partial charge is 0.287 e. The highest BCUT2D eigenvalue weighted by atomic mass is 16.3. The lowest BCUT2D eigenvalue weighted by molar-refractivity contribution is -0.131. The van der Waals surface area contributed by atoms with E-state index in [0.717, 1.165) is 31.4 Å². The Morgan fingerprint density at radius 1 is 1.03 bits per heavy atom. The summed E-state index contributed by atoms with van der Waals surface area (Å²) in [6.07, 6.45) is 3.20. The second-order valence-corrected chi connectivity index (χ2v) is 9.93. The fourth-order valence-corrected chi connectivity index (χ4v) is 5.33. The third kappa shape index (κ3) is 5.43. The van der Waals surface area contributed by atoms with Gasteiger partial charge in [0.25, 0.3) is 5.91 Å². The Bertz CT molecular complexity index is 1400. The van der Waals surface area contributed by atoms with Gasteiger partial charge in [0, 0.05) is 38.7 Å². The molecule has 2 aliphatic heterocycles. The first kappa shape index (κ1) is 24.7. The molecule has 8 nitrogen and oxygen atoms in total. The first-order valence-electron chi connectivity index (χ1n) is 12.8. The number of likely N-dealkylation sites (tertiary alicyclic amines) is 2. The lowest BCUT2D eigenvalue weighted by atomic mass is 9.86. The van der Waals surface area contributed by atoms with Gasteiger partial charge in [-0.25, -0.2) is 0 Å². The molecule has 37 heavy (non-hydrogen) atoms. The first-order chi connectivity index (χ1) is 17.9. The van der Waals surface area contributed by atoms with Gasteiger partial charge in [0.05, 0.1) is 11.9 Å². The number of amides is 3. The van der Waals surface area contributed by atoms with E-state index in [1.165, 1.54) is 17.2 Å². The van der Waals surface area contributed by atoms with Crippen LogP contribution in [-0.4, -0.2) is 53.7 Å². The molecule has 2 aromatic carbocycles. The Morgan fingerprint density at radius 2 is 1.81 bits per heavy atom. The number of rotatable bonds is 6. The van der Waals surface area contributed by atoms with Crippen LogP contribution in [0, 0.1) is 6.92 Å². The molecule has 2 fully saturated rings. The van der Waals surface area contributed by atoms with Crippen LogP contribution in [0.2, 0.25) is 0 Å². The summed E-state index contributed by atoms with van der Waals surface area (Å²) in [4.78, 5) is 53.6. The van der Waals surface area contributed by atoms with Crippen LogP contribution >= 0.6 is 0 Å². The van der Waals surface area contributed by atoms with Gasteiger partial charge in [-0.3, -0.25) is 19.2 Å². The zero-order valence-electron chi connectivity index (χ0n) is 21.0. The van der Waals surface area contributed by atoms with Crippen molar-refractivity contribution in [1.82, 2.24) is 15.1 Å². The number of hydrogen-bond acceptors (Lipinski definition) is 5. The van der Waals surface area contributed by atoms with Crippen LogP contribution in [0.4, 0.5) is 0 Å². The van der Waals surface area contributed by atoms with Gasteiger partial charge < -0.3 is 19.5 Å². The van der Waals surface area contributed by atoms with Gasteiger partial charge in [-0.1, -0.05) is 35.9 Å². The third-order valence-electron chi connectivity index (χ3n) is 7.38. The van der Waals surface area contributed by atoms with Gasteiger partial charge >= 0.3 is 0 Å². The highest BCUT2D eigenvalue weighted by Crippen LogP contribution is 2.31. The Kier molecular flexibility index (Phi) is 7.08. The molecule has 5 rings (SSSR count). The van der Waals surface area contributed by atoms with E-state index in [2.05, 4.69) is 17.4 Å². The Hall–Kier alpha value is -3.94. The summed E-state index contributed by atoms with van der Waals surface area (Å²) in [7, 11) is 0. The molecule has 2 saturated heterocycles. The van der Waals surface area contributed by atoms with E-state index < -0.39 is 5.91 Å². The minimum absolute atomic E-state index is 0.110. The van der Waals surface area contributed by atoms with Crippen molar-refractivity contribution in [3.05, 3.63) is 81.2 Å². The fraction of sp³-hybridized carbons (Fsp3) is 0.379. The molecule has 0 radical (unpaired) electrons. The van der Waals surface area contributed by atoms with Crippen LogP contribution in [-0.2, 0) is 16.1 Å². The van der Waals surface area contributed by atoms with Crippen molar-refractivity contribution in [2.24, 2.45) is 0 Å². The molecule has 0 aliphatic carbocycles. The quantitative estimate of drug-likeness (QED) is 0.558. The van der Waals surface area contributed by atoms with Gasteiger partial charge in [0.2, 0.25) is 11.8 Å². The molecule has 8 heteroatoms. The van der Waals surface area contributed by atoms with E-state index in [4.69, 9.17) is 4.42 Å². The molecule has 192 valence electrons. The summed E-state index contributed by atoms with van der Waals surface area (Å²) < 4.78 is 5.60. The molecule has 0 saturated carbocycles. The number of benzene rings is 2. The zero-order valence-corrected chi connectivity index (χ0v) is 21.0. The number of nitrogens with one attached hydrogen (secondary N) is 1. The molecule has 0 unspecified atom stereocenters. The molecule has 3 amide bonds. The van der Waals surface area contributed by atoms with Crippen molar-refractivity contribution in [2.75, 3.05) is 26.2 Å². The number of carbonyl (C=O) groups is 3. The molecule has 0 atom stereocenters. The van der Waals surface area contributed by atoms with E-state index in [1.54, 1.807) is 17.0 Å². The van der Waals surface area contributed by atoms with E-state index in [-0.39, 0.29) is 29.5 Å². The maximum Gasteiger partial charge on any atom is 0.287 e. The fourth-order valence-electron chi connectivity index (χ4n) is 5.33. The monoisotopic (exact) mass is 501 g/mol. The van der Waals surface area contributed by atoms with Crippen molar-refractivity contribution in [3.63, 3.8) is 0 Å². The molecule has 2 aliphatic rings. The average Bonchev–Trinajstić information content (AvgIpc) is 3.31. The van der Waals surface area contributed by atoms with Gasteiger partial charge in [-0.2, -0.15) is 0 Å². The SMILES string of the molecule is Cc1ccc2oc(C(=O)NCC(=O)N3CCC(c4ccccc4CN4CCCC4=O)CC3)cc(=O)c2c1. The standard InChI is InChI=1S/C29H31N3O5/c1-19-8-9-25-23(15-19)24(33)16-26(37-25)29(36)30-17-28(35)31-13-10-20(11-14-31)22-6-3-2-5-21(22)18-32-12-4-7-27(32)34/h2-3,5-6,8-9,15-16,20H,4,7,10-14,17-18H2,1H3,(H,30,36). The van der Waals surface area contributed by atoms with Crippen molar-refractivity contribution in [1.29, 1.82) is 0 Å². The number of nitrogens with zero attached hydrogens (tertiary/aromatic N) is 2. The minimum Gasteiger partial charge on any atom is -0.451 e. The molecular formula is C29H31N3O5. The Morgan fingerprint density at radius 3 is 2.57 bits per heavy atom. The maximum atomic E-state index is 12.8. The second kappa shape index (κ2) is 10.6. The molecule has 1 aromatic heterocycles. The first-order valence-corrected chi connectivity index (χ1v) is 12.8. The zero-order chi connectivity index (χ0) is 25.9. The summed E-state index contributed by atoms with van der Waals surface area (Å²) in [6, 6.07) is 14.6. The van der Waals surface area contributed by atoms with E-state index in [0.29, 0.717) is 42.9 Å². The van der Waals surface area contributed by atoms with Crippen LogP contribution in [0.3, 0.4) is 0 Å². The van der Waals surface area contributed by atoms with Crippen molar-refractivity contribution in [2.45, 2.75) is 45.1 Å². The molecule has 0 bridgehead atoms. The predicted molar refractivity (Wildman–Crippen MR) is 139 cm³/mol. The highest BCUT2D eigenvalue weighted by Gasteiger charge is 2.27. The van der Waals surface area contributed by atoms with Gasteiger partial charge in [-0.05, 0) is 55.4 Å². The molecule has 3 aromatic rings. The largest absolute Gasteiger partial charge is 0.451 e. The third-order valence-corrected chi connectivity index (χ3v) is 7.38. The summed E-state index contributed by atoms with van der Waals surface area (Å²) >= 11 is 0. The summed E-state index contributed by atoms with van der Waals surface area (Å²) in [5.74, 6) is -0.325. The van der Waals surface area contributed by atoms with Gasteiger partial charge in [-0.15, -0.1) is 0 Å². The van der Waals surface area contributed by atoms with Crippen LogP contribution in [0.15, 0.2) is 57.7 Å². The maximum absolute atomic E-state index is 12.8. The normalized spacial score (nSPS) is 16.4. The van der Waals surface area contributed by atoms with Crippen molar-refractivity contribution >= 4 is 28.7 Å². The second-order valence-electron chi connectivity index (χ2n) is 9.93. The van der Waals surface area contributed by atoms with E-state index >= 15 is 0 Å². The molecular weight excluding hydrogens is 470 g/mol. The average molecular weight is 502 g/mol. The predicted octanol–water partition coefficient (Wildman–Crippen LogP) is 3.36. The number of carbonyl (C=O) groups excluding carboxylic acids is 3. The summed E-state index contributed by atoms with van der Waals surface area (Å²) in [5, 5.41) is 3.02. The van der Waals surface area contributed by atoms with Crippen LogP contribution in [0.25, 0.3) is 11.0 Å². The van der Waals surface area contributed by atoms with Crippen LogP contribution in [0.1, 0.15) is 58.8 Å². The lowest BCUT2D eigenvalue weighted by Gasteiger charge is -2.33. The van der Waals surface area contributed by atoms with Gasteiger partial charge in [0.15, 0.2) is 11.2 Å². The van der Waals surface area contributed by atoms with Crippen LogP contribution < -0.4 is 10.7 Å². The minimum atomic E-state index is -0.590. The topological polar surface area (TPSA) is 99.9 Å². The Labute approximate surface area is 215 Å². The number of aryl methyl sites for hydroxylation is 1. The van der Waals surface area contributed by atoms with E-state index in [9.17, 15) is 19.2 Å². The molecule has 1 N–H and O–H groups in total. The number of piperidine rings is 1. The number of fused-ring (bicyclic) bond motifs is 1. The van der Waals surface area contributed by atoms with Gasteiger partial charge in [0.1, 0.15) is 5.58 Å². The Balaban J connectivity index is 1.16. The van der Waals surface area contributed by atoms with Crippen LogP contribution in [0.5, 0.6) is 0 Å². The molecule has 0 spiro atoms. The number of hydrogen-bond donors (Lipinski definition) is 1. The van der Waals surface area contributed by atoms with Crippen molar-refractivity contribution < 1.29 is 18.8 Å². The molecule has 3 heterocycles. The lowest BCUT2D eigenvalue weighted by Crippen LogP contribution is -2.44. The van der Waals surface area contributed by atoms with Crippen molar-refractivity contribution in [3.8, 4) is 0 Å². The summed E-state index contributed by atoms with van der Waals surface area (Å²) in [5.41, 5.74) is 3.41.